The Labute approximate surface area is 131 Å². The highest BCUT2D eigenvalue weighted by molar-refractivity contribution is 7.89. The fourth-order valence-corrected chi connectivity index (χ4v) is 3.10. The van der Waals surface area contributed by atoms with E-state index < -0.39 is 27.6 Å². The normalized spacial score (nSPS) is 12.6. The number of hydrogen-bond acceptors (Lipinski definition) is 2. The molecule has 0 aliphatic heterocycles. The highest BCUT2D eigenvalue weighted by atomic mass is 32.2. The predicted octanol–water partition coefficient (Wildman–Crippen LogP) is 3.67. The molecular weight excluding hydrogens is 334 g/mol. The lowest BCUT2D eigenvalue weighted by Gasteiger charge is -2.18. The zero-order valence-electron chi connectivity index (χ0n) is 12.0. The van der Waals surface area contributed by atoms with Crippen molar-refractivity contribution >= 4 is 10.0 Å². The molecule has 0 saturated carbocycles. The molecule has 0 spiro atoms. The Morgan fingerprint density at radius 1 is 1.00 bits per heavy atom. The number of alkyl halides is 3. The molecule has 2 aromatic rings. The van der Waals surface area contributed by atoms with Crippen LogP contribution in [-0.2, 0) is 22.7 Å². The van der Waals surface area contributed by atoms with Crippen LogP contribution in [-0.4, -0.2) is 19.8 Å². The van der Waals surface area contributed by atoms with Crippen molar-refractivity contribution in [2.24, 2.45) is 0 Å². The Bertz CT molecular complexity index is 786. The summed E-state index contributed by atoms with van der Waals surface area (Å²) in [7, 11) is -2.78. The topological polar surface area (TPSA) is 37.4 Å². The molecule has 0 unspecified atom stereocenters. The predicted molar refractivity (Wildman–Crippen MR) is 76.5 cm³/mol. The second-order valence-electron chi connectivity index (χ2n) is 4.87. The van der Waals surface area contributed by atoms with Gasteiger partial charge in [-0.2, -0.15) is 17.5 Å². The Morgan fingerprint density at radius 2 is 1.57 bits per heavy atom. The van der Waals surface area contributed by atoms with E-state index in [1.807, 2.05) is 0 Å². The minimum absolute atomic E-state index is 0.172. The van der Waals surface area contributed by atoms with Gasteiger partial charge >= 0.3 is 6.18 Å². The van der Waals surface area contributed by atoms with E-state index in [0.29, 0.717) is 12.1 Å². The fourth-order valence-electron chi connectivity index (χ4n) is 1.95. The van der Waals surface area contributed by atoms with E-state index in [0.717, 1.165) is 16.4 Å². The van der Waals surface area contributed by atoms with Crippen LogP contribution >= 0.6 is 0 Å². The van der Waals surface area contributed by atoms with E-state index in [1.54, 1.807) is 6.07 Å². The van der Waals surface area contributed by atoms with Crippen molar-refractivity contribution in [3.8, 4) is 0 Å². The molecule has 0 N–H and O–H groups in total. The van der Waals surface area contributed by atoms with Crippen molar-refractivity contribution < 1.29 is 26.0 Å². The van der Waals surface area contributed by atoms with Crippen LogP contribution in [0.15, 0.2) is 53.4 Å². The number of halogens is 4. The van der Waals surface area contributed by atoms with Gasteiger partial charge in [0.1, 0.15) is 5.82 Å². The van der Waals surface area contributed by atoms with Gasteiger partial charge in [0.05, 0.1) is 10.5 Å². The Balaban J connectivity index is 2.25. The van der Waals surface area contributed by atoms with Crippen molar-refractivity contribution in [3.05, 3.63) is 65.5 Å². The molecule has 8 heteroatoms. The van der Waals surface area contributed by atoms with Gasteiger partial charge in [0.15, 0.2) is 0 Å². The first-order valence-electron chi connectivity index (χ1n) is 6.49. The third-order valence-electron chi connectivity index (χ3n) is 3.24. The van der Waals surface area contributed by atoms with Gasteiger partial charge in [-0.25, -0.2) is 12.8 Å². The van der Waals surface area contributed by atoms with E-state index in [1.165, 1.54) is 25.2 Å². The summed E-state index contributed by atoms with van der Waals surface area (Å²) in [4.78, 5) is -0.288. The Kier molecular flexibility index (Phi) is 4.76. The zero-order chi connectivity index (χ0) is 17.3. The Morgan fingerprint density at radius 3 is 2.09 bits per heavy atom. The van der Waals surface area contributed by atoms with Crippen LogP contribution in [0, 0.1) is 5.82 Å². The lowest BCUT2D eigenvalue weighted by molar-refractivity contribution is -0.137. The van der Waals surface area contributed by atoms with Crippen LogP contribution < -0.4 is 0 Å². The maximum atomic E-state index is 13.6. The maximum absolute atomic E-state index is 13.6. The van der Waals surface area contributed by atoms with Crippen LogP contribution in [0.25, 0.3) is 0 Å². The fraction of sp³-hybridized carbons (Fsp3) is 0.200. The second kappa shape index (κ2) is 6.29. The number of nitrogens with zero attached hydrogens (tertiary/aromatic N) is 1. The molecule has 0 amide bonds. The molecule has 23 heavy (non-hydrogen) atoms. The summed E-state index contributed by atoms with van der Waals surface area (Å²) < 4.78 is 76.6. The van der Waals surface area contributed by atoms with E-state index in [2.05, 4.69) is 0 Å². The second-order valence-corrected chi connectivity index (χ2v) is 6.92. The van der Waals surface area contributed by atoms with Crippen molar-refractivity contribution in [1.82, 2.24) is 4.31 Å². The molecule has 0 aliphatic rings. The first-order chi connectivity index (χ1) is 10.6. The highest BCUT2D eigenvalue weighted by Crippen LogP contribution is 2.30. The van der Waals surface area contributed by atoms with Gasteiger partial charge in [-0.05, 0) is 30.3 Å². The first kappa shape index (κ1) is 17.4. The third kappa shape index (κ3) is 3.89. The summed E-state index contributed by atoms with van der Waals surface area (Å²) in [6.07, 6.45) is -4.54. The third-order valence-corrected chi connectivity index (χ3v) is 5.06. The van der Waals surface area contributed by atoms with E-state index >= 15 is 0 Å². The van der Waals surface area contributed by atoms with Gasteiger partial charge in [-0.3, -0.25) is 0 Å². The summed E-state index contributed by atoms with van der Waals surface area (Å²) in [5.41, 5.74) is -0.765. The molecule has 0 radical (unpaired) electrons. The first-order valence-corrected chi connectivity index (χ1v) is 7.93. The van der Waals surface area contributed by atoms with Gasteiger partial charge in [0.25, 0.3) is 0 Å². The molecule has 0 bridgehead atoms. The molecule has 0 heterocycles. The van der Waals surface area contributed by atoms with Crippen molar-refractivity contribution in [1.29, 1.82) is 0 Å². The SMILES string of the molecule is CN(Cc1ccccc1F)S(=O)(=O)c1ccc(C(F)(F)F)cc1. The van der Waals surface area contributed by atoms with Gasteiger partial charge in [-0.1, -0.05) is 18.2 Å². The maximum Gasteiger partial charge on any atom is 0.416 e. The van der Waals surface area contributed by atoms with Crippen LogP contribution in [0.4, 0.5) is 17.6 Å². The van der Waals surface area contributed by atoms with Crippen LogP contribution in [0.3, 0.4) is 0 Å². The average Bonchev–Trinajstić information content (AvgIpc) is 2.48. The average molecular weight is 347 g/mol. The molecule has 2 rings (SSSR count). The van der Waals surface area contributed by atoms with E-state index in [4.69, 9.17) is 0 Å². The molecular formula is C15H13F4NO2S. The number of benzene rings is 2. The standard InChI is InChI=1S/C15H13F4NO2S/c1-20(10-11-4-2-3-5-14(11)16)23(21,22)13-8-6-12(7-9-13)15(17,18)19/h2-9H,10H2,1H3. The molecule has 0 fully saturated rings. The van der Waals surface area contributed by atoms with Gasteiger partial charge in [0, 0.05) is 19.2 Å². The van der Waals surface area contributed by atoms with E-state index in [9.17, 15) is 26.0 Å². The molecule has 0 atom stereocenters. The zero-order valence-corrected chi connectivity index (χ0v) is 12.8. The quantitative estimate of drug-likeness (QED) is 0.792. The van der Waals surface area contributed by atoms with Crippen LogP contribution in [0.5, 0.6) is 0 Å². The summed E-state index contributed by atoms with van der Waals surface area (Å²) in [6.45, 7) is -0.226. The largest absolute Gasteiger partial charge is 0.416 e. The molecule has 2 aromatic carbocycles. The lowest BCUT2D eigenvalue weighted by Crippen LogP contribution is -2.27. The summed E-state index contributed by atoms with van der Waals surface area (Å²) in [5, 5.41) is 0. The van der Waals surface area contributed by atoms with Gasteiger partial charge in [-0.15, -0.1) is 0 Å². The van der Waals surface area contributed by atoms with Crippen molar-refractivity contribution in [2.75, 3.05) is 7.05 Å². The van der Waals surface area contributed by atoms with E-state index in [-0.39, 0.29) is 17.0 Å². The number of rotatable bonds is 4. The minimum Gasteiger partial charge on any atom is -0.207 e. The van der Waals surface area contributed by atoms with Crippen LogP contribution in [0.2, 0.25) is 0 Å². The summed E-state index contributed by atoms with van der Waals surface area (Å²) in [5.74, 6) is -0.554. The highest BCUT2D eigenvalue weighted by Gasteiger charge is 2.31. The monoisotopic (exact) mass is 347 g/mol. The summed E-state index contributed by atoms with van der Waals surface area (Å²) in [6, 6.07) is 8.85. The molecule has 124 valence electrons. The molecule has 3 nitrogen and oxygen atoms in total. The summed E-state index contributed by atoms with van der Waals surface area (Å²) >= 11 is 0. The molecule has 0 saturated heterocycles. The smallest absolute Gasteiger partial charge is 0.207 e. The number of sulfonamides is 1. The molecule has 0 aliphatic carbocycles. The minimum atomic E-state index is -4.54. The van der Waals surface area contributed by atoms with Crippen molar-refractivity contribution in [2.45, 2.75) is 17.6 Å². The van der Waals surface area contributed by atoms with Gasteiger partial charge < -0.3 is 0 Å². The van der Waals surface area contributed by atoms with Gasteiger partial charge in [0.2, 0.25) is 10.0 Å². The van der Waals surface area contributed by atoms with Crippen LogP contribution in [0.1, 0.15) is 11.1 Å². The van der Waals surface area contributed by atoms with Crippen molar-refractivity contribution in [3.63, 3.8) is 0 Å². The Hall–Kier alpha value is -1.93. The number of hydrogen-bond donors (Lipinski definition) is 0. The lowest BCUT2D eigenvalue weighted by atomic mass is 10.2. The molecule has 0 aromatic heterocycles.